The van der Waals surface area contributed by atoms with Crippen LogP contribution in [0.4, 0.5) is 0 Å². The molecule has 0 aliphatic rings. The van der Waals surface area contributed by atoms with E-state index in [1.807, 2.05) is 39.4 Å². The van der Waals surface area contributed by atoms with Crippen LogP contribution in [0.2, 0.25) is 0 Å². The van der Waals surface area contributed by atoms with E-state index >= 15 is 0 Å². The Balaban J connectivity index is 4.48. The number of carbonyl (C=O) groups excluding carboxylic acids is 2. The van der Waals surface area contributed by atoms with Gasteiger partial charge in [0.15, 0.2) is 6.10 Å². The number of aliphatic hydroxyl groups excluding tert-OH is 1. The lowest BCUT2D eigenvalue weighted by Gasteiger charge is -2.28. The molecule has 1 unspecified atom stereocenters. The summed E-state index contributed by atoms with van der Waals surface area (Å²) in [6.45, 7) is 3.94. The zero-order valence-electron chi connectivity index (χ0n) is 37.8. The summed E-state index contributed by atoms with van der Waals surface area (Å²) in [5.74, 6) is -0.938. The molecule has 0 fully saturated rings. The van der Waals surface area contributed by atoms with Crippen molar-refractivity contribution in [3.63, 3.8) is 0 Å². The molecular weight excluding hydrogens is 766 g/mol. The highest BCUT2D eigenvalue weighted by Gasteiger charge is 2.21. The van der Waals surface area contributed by atoms with Crippen molar-refractivity contribution in [2.24, 2.45) is 0 Å². The quantitative estimate of drug-likeness (QED) is 0.0210. The number of phosphoric ester groups is 1. The molecule has 340 valence electrons. The highest BCUT2D eigenvalue weighted by molar-refractivity contribution is 7.45. The van der Waals surface area contributed by atoms with E-state index in [0.29, 0.717) is 30.3 Å². The first-order valence-corrected chi connectivity index (χ1v) is 24.2. The number of hydrogen-bond donors (Lipinski definition) is 1. The first-order valence-electron chi connectivity index (χ1n) is 22.7. The molecule has 0 rings (SSSR count). The van der Waals surface area contributed by atoms with Gasteiger partial charge in [-0.2, -0.15) is 0 Å². The normalized spacial score (nSPS) is 14.8. The number of carbonyl (C=O) groups is 2. The van der Waals surface area contributed by atoms with E-state index in [9.17, 15) is 24.2 Å². The first kappa shape index (κ1) is 56.4. The minimum absolute atomic E-state index is 0.0512. The van der Waals surface area contributed by atoms with Crippen LogP contribution in [0.3, 0.4) is 0 Å². The molecule has 0 spiro atoms. The van der Waals surface area contributed by atoms with Crippen LogP contribution in [0.25, 0.3) is 0 Å². The number of rotatable bonds is 40. The smallest absolute Gasteiger partial charge is 0.306 e. The second kappa shape index (κ2) is 39.5. The number of aliphatic hydroxyl groups is 1. The summed E-state index contributed by atoms with van der Waals surface area (Å²) in [6.07, 6.45) is 45.5. The molecule has 0 aliphatic carbocycles. The minimum atomic E-state index is -4.65. The molecule has 0 saturated heterocycles. The molecule has 0 heterocycles. The van der Waals surface area contributed by atoms with E-state index in [4.69, 9.17) is 18.5 Å². The number of unbranched alkanes of at least 4 members (excludes halogenated alkanes) is 12. The van der Waals surface area contributed by atoms with Gasteiger partial charge in [0.05, 0.1) is 33.9 Å². The van der Waals surface area contributed by atoms with E-state index < -0.39 is 32.5 Å². The molecule has 1 N–H and O–H groups in total. The molecule has 11 heteroatoms. The average Bonchev–Trinajstić information content (AvgIpc) is 3.18. The van der Waals surface area contributed by atoms with Gasteiger partial charge in [0.2, 0.25) is 0 Å². The Hall–Kier alpha value is -2.59. The average molecular weight is 850 g/mol. The van der Waals surface area contributed by atoms with Crippen LogP contribution >= 0.6 is 7.82 Å². The third-order valence-corrected chi connectivity index (χ3v) is 10.2. The van der Waals surface area contributed by atoms with Crippen LogP contribution in [0, 0.1) is 0 Å². The van der Waals surface area contributed by atoms with Crippen LogP contribution in [-0.4, -0.2) is 81.2 Å². The van der Waals surface area contributed by atoms with Gasteiger partial charge >= 0.3 is 11.9 Å². The fraction of sp³-hybridized carbons (Fsp3) is 0.708. The van der Waals surface area contributed by atoms with Gasteiger partial charge in [0, 0.05) is 12.8 Å². The number of likely N-dealkylation sites (N-methyl/N-ethyl adjacent to an activating group) is 1. The predicted molar refractivity (Wildman–Crippen MR) is 242 cm³/mol. The third-order valence-electron chi connectivity index (χ3n) is 9.27. The van der Waals surface area contributed by atoms with Crippen molar-refractivity contribution in [3.05, 3.63) is 72.9 Å². The van der Waals surface area contributed by atoms with Crippen LogP contribution in [0.15, 0.2) is 72.9 Å². The fourth-order valence-electron chi connectivity index (χ4n) is 5.64. The Bertz CT molecular complexity index is 1250. The highest BCUT2D eigenvalue weighted by atomic mass is 31.2. The summed E-state index contributed by atoms with van der Waals surface area (Å²) >= 11 is 0. The SMILES string of the molecule is CCCCC/C=C\C/C=C\CCCCCCCCCC(=O)O[C@H](COC(=O)CCC/C=C\C/C=C\C/C=C\C/C=C\[C@@H](O)CCCC)COP(=O)([O-])OCC[N+](C)(C)C. The Morgan fingerprint density at radius 3 is 1.68 bits per heavy atom. The molecule has 0 amide bonds. The first-order chi connectivity index (χ1) is 28.4. The molecule has 3 atom stereocenters. The van der Waals surface area contributed by atoms with Crippen molar-refractivity contribution in [2.45, 2.75) is 174 Å². The maximum Gasteiger partial charge on any atom is 0.306 e. The van der Waals surface area contributed by atoms with Gasteiger partial charge in [-0.15, -0.1) is 0 Å². The molecular formula is C48H84NO9P. The monoisotopic (exact) mass is 850 g/mol. The van der Waals surface area contributed by atoms with Gasteiger partial charge in [-0.1, -0.05) is 145 Å². The van der Waals surface area contributed by atoms with E-state index in [1.54, 1.807) is 0 Å². The molecule has 0 aromatic carbocycles. The number of phosphoric acid groups is 1. The van der Waals surface area contributed by atoms with E-state index in [-0.39, 0.29) is 32.2 Å². The fourth-order valence-corrected chi connectivity index (χ4v) is 6.36. The molecule has 0 saturated carbocycles. The highest BCUT2D eigenvalue weighted by Crippen LogP contribution is 2.38. The zero-order valence-corrected chi connectivity index (χ0v) is 38.7. The summed E-state index contributed by atoms with van der Waals surface area (Å²) in [4.78, 5) is 37.6. The summed E-state index contributed by atoms with van der Waals surface area (Å²) < 4.78 is 33.8. The third kappa shape index (κ3) is 43.3. The molecule has 0 aliphatic heterocycles. The van der Waals surface area contributed by atoms with Crippen molar-refractivity contribution in [1.82, 2.24) is 0 Å². The van der Waals surface area contributed by atoms with Crippen LogP contribution in [0.1, 0.15) is 162 Å². The van der Waals surface area contributed by atoms with Crippen molar-refractivity contribution in [2.75, 3.05) is 47.5 Å². The largest absolute Gasteiger partial charge is 0.756 e. The maximum atomic E-state index is 12.7. The molecule has 0 bridgehead atoms. The van der Waals surface area contributed by atoms with Crippen LogP contribution < -0.4 is 4.89 Å². The Morgan fingerprint density at radius 1 is 0.610 bits per heavy atom. The van der Waals surface area contributed by atoms with Gasteiger partial charge < -0.3 is 33.0 Å². The van der Waals surface area contributed by atoms with Gasteiger partial charge in [-0.25, -0.2) is 0 Å². The van der Waals surface area contributed by atoms with E-state index in [1.165, 1.54) is 44.9 Å². The summed E-state index contributed by atoms with van der Waals surface area (Å²) in [6, 6.07) is 0. The van der Waals surface area contributed by atoms with E-state index in [2.05, 4.69) is 68.5 Å². The molecule has 0 aromatic rings. The van der Waals surface area contributed by atoms with Crippen molar-refractivity contribution >= 4 is 19.8 Å². The number of esters is 2. The maximum absolute atomic E-state index is 12.7. The predicted octanol–water partition coefficient (Wildman–Crippen LogP) is 11.4. The lowest BCUT2D eigenvalue weighted by molar-refractivity contribution is -0.870. The Kier molecular flexibility index (Phi) is 37.8. The number of ether oxygens (including phenoxy) is 2. The van der Waals surface area contributed by atoms with Gasteiger partial charge in [0.25, 0.3) is 7.82 Å². The standard InChI is InChI=1S/C48H84NO9P/c1-6-8-10-11-12-13-14-15-16-17-18-19-24-27-30-33-36-40-48(52)58-46(44-57-59(53,54)56-42-41-49(3,4)5)43-55-47(51)39-35-32-29-26-23-21-20-22-25-28-31-34-38-45(50)37-9-7-2/h12-13,15-16,20-21,25-26,28-29,34,38,45-46,50H,6-11,14,17-19,22-24,27,30-33,35-37,39-44H2,1-5H3/b13-12-,16-15-,21-20-,28-25-,29-26-,38-34-/t45-,46+/m0/s1. The zero-order chi connectivity index (χ0) is 43.7. The number of quaternary nitrogens is 1. The number of allylic oxidation sites excluding steroid dienone is 11. The minimum Gasteiger partial charge on any atom is -0.756 e. The van der Waals surface area contributed by atoms with Gasteiger partial charge in [-0.3, -0.25) is 14.2 Å². The summed E-state index contributed by atoms with van der Waals surface area (Å²) in [7, 11) is 1.10. The topological polar surface area (TPSA) is 131 Å². The number of nitrogens with zero attached hydrogens (tertiary/aromatic N) is 1. The second-order valence-corrected chi connectivity index (χ2v) is 17.6. The number of hydrogen-bond acceptors (Lipinski definition) is 9. The van der Waals surface area contributed by atoms with Crippen molar-refractivity contribution < 1.29 is 47.2 Å². The van der Waals surface area contributed by atoms with Crippen LogP contribution in [-0.2, 0) is 32.7 Å². The van der Waals surface area contributed by atoms with Gasteiger partial charge in [0.1, 0.15) is 19.8 Å². The summed E-state index contributed by atoms with van der Waals surface area (Å²) in [5, 5.41) is 9.82. The Morgan fingerprint density at radius 2 is 1.10 bits per heavy atom. The van der Waals surface area contributed by atoms with Crippen LogP contribution in [0.5, 0.6) is 0 Å². The van der Waals surface area contributed by atoms with E-state index in [0.717, 1.165) is 70.6 Å². The molecule has 0 aromatic heterocycles. The lowest BCUT2D eigenvalue weighted by atomic mass is 10.1. The molecule has 0 radical (unpaired) electrons. The van der Waals surface area contributed by atoms with Crippen molar-refractivity contribution in [3.8, 4) is 0 Å². The van der Waals surface area contributed by atoms with Crippen molar-refractivity contribution in [1.29, 1.82) is 0 Å². The second-order valence-electron chi connectivity index (χ2n) is 16.2. The van der Waals surface area contributed by atoms with Gasteiger partial charge in [-0.05, 0) is 77.0 Å². The Labute approximate surface area is 360 Å². The lowest BCUT2D eigenvalue weighted by Crippen LogP contribution is -2.37. The molecule has 59 heavy (non-hydrogen) atoms. The molecule has 10 nitrogen and oxygen atoms in total. The summed E-state index contributed by atoms with van der Waals surface area (Å²) in [5.41, 5.74) is 0.